The van der Waals surface area contributed by atoms with Crippen LogP contribution in [0.4, 0.5) is 17.3 Å². The number of nitro groups is 1. The van der Waals surface area contributed by atoms with E-state index in [-0.39, 0.29) is 17.0 Å². The highest BCUT2D eigenvalue weighted by atomic mass is 16.6. The van der Waals surface area contributed by atoms with Gasteiger partial charge in [-0.1, -0.05) is 0 Å². The lowest BCUT2D eigenvalue weighted by molar-refractivity contribution is -0.383. The Kier molecular flexibility index (Phi) is 4.26. The Labute approximate surface area is 124 Å². The monoisotopic (exact) mass is 294 g/mol. The van der Waals surface area contributed by atoms with E-state index in [0.717, 1.165) is 26.2 Å². The molecule has 1 saturated heterocycles. The average molecular weight is 294 g/mol. The van der Waals surface area contributed by atoms with E-state index in [1.165, 1.54) is 6.33 Å². The summed E-state index contributed by atoms with van der Waals surface area (Å²) in [4.78, 5) is 23.4. The molecular weight excluding hydrogens is 272 g/mol. The number of hydrogen-bond donors (Lipinski definition) is 1. The van der Waals surface area contributed by atoms with Crippen molar-refractivity contribution in [3.8, 4) is 0 Å². The number of likely N-dealkylation sites (N-methyl/N-ethyl adjacent to an activating group) is 1. The first-order valence-corrected chi connectivity index (χ1v) is 6.99. The van der Waals surface area contributed by atoms with E-state index in [1.807, 2.05) is 32.7 Å². The van der Waals surface area contributed by atoms with Gasteiger partial charge in [0.05, 0.1) is 4.92 Å². The zero-order valence-electron chi connectivity index (χ0n) is 13.0. The van der Waals surface area contributed by atoms with E-state index in [1.54, 1.807) is 0 Å². The smallest absolute Gasteiger partial charge is 0.353 e. The average Bonchev–Trinajstić information content (AvgIpc) is 2.37. The molecule has 0 unspecified atom stereocenters. The summed E-state index contributed by atoms with van der Waals surface area (Å²) in [6.07, 6.45) is 1.38. The van der Waals surface area contributed by atoms with Gasteiger partial charge in [-0.3, -0.25) is 10.1 Å². The third-order valence-corrected chi connectivity index (χ3v) is 3.28. The summed E-state index contributed by atoms with van der Waals surface area (Å²) in [5.41, 5.74) is -0.352. The summed E-state index contributed by atoms with van der Waals surface area (Å²) in [5.74, 6) is 0.672. The third kappa shape index (κ3) is 3.78. The fraction of sp³-hybridized carbons (Fsp3) is 0.692. The second kappa shape index (κ2) is 5.80. The molecule has 0 atom stereocenters. The maximum Gasteiger partial charge on any atom is 0.353 e. The standard InChI is InChI=1S/C13H22N6O2/c1-13(2,3)16-11-10(19(20)21)12(15-9-14-11)18-7-5-17(4)6-8-18/h9H,5-8H2,1-4H3,(H,14,15,16). The zero-order chi connectivity index (χ0) is 15.6. The molecule has 0 bridgehead atoms. The molecule has 2 rings (SSSR count). The van der Waals surface area contributed by atoms with Gasteiger partial charge in [0, 0.05) is 31.7 Å². The summed E-state index contributed by atoms with van der Waals surface area (Å²) in [5, 5.41) is 14.6. The van der Waals surface area contributed by atoms with Crippen LogP contribution >= 0.6 is 0 Å². The van der Waals surface area contributed by atoms with Gasteiger partial charge in [-0.15, -0.1) is 0 Å². The minimum absolute atomic E-state index is 0.0445. The molecule has 1 aromatic heterocycles. The van der Waals surface area contributed by atoms with Crippen LogP contribution in [0.5, 0.6) is 0 Å². The third-order valence-electron chi connectivity index (χ3n) is 3.28. The predicted molar refractivity (Wildman–Crippen MR) is 81.8 cm³/mol. The van der Waals surface area contributed by atoms with Gasteiger partial charge in [-0.2, -0.15) is 0 Å². The quantitative estimate of drug-likeness (QED) is 0.665. The molecule has 0 saturated carbocycles. The van der Waals surface area contributed by atoms with E-state index >= 15 is 0 Å². The molecule has 0 spiro atoms. The van der Waals surface area contributed by atoms with Gasteiger partial charge in [0.25, 0.3) is 0 Å². The van der Waals surface area contributed by atoms with E-state index < -0.39 is 4.92 Å². The molecule has 1 N–H and O–H groups in total. The van der Waals surface area contributed by atoms with Crippen LogP contribution in [-0.2, 0) is 0 Å². The van der Waals surface area contributed by atoms with E-state index in [9.17, 15) is 10.1 Å². The Morgan fingerprint density at radius 3 is 2.38 bits per heavy atom. The van der Waals surface area contributed by atoms with Crippen molar-refractivity contribution >= 4 is 17.3 Å². The number of nitrogens with one attached hydrogen (secondary N) is 1. The zero-order valence-corrected chi connectivity index (χ0v) is 13.0. The number of aromatic nitrogens is 2. The number of hydrogen-bond acceptors (Lipinski definition) is 7. The molecule has 21 heavy (non-hydrogen) atoms. The fourth-order valence-electron chi connectivity index (χ4n) is 2.23. The molecule has 1 aliphatic heterocycles. The molecule has 0 aromatic carbocycles. The lowest BCUT2D eigenvalue weighted by Gasteiger charge is -2.33. The second-order valence-electron chi connectivity index (χ2n) is 6.32. The van der Waals surface area contributed by atoms with Crippen molar-refractivity contribution in [1.82, 2.24) is 14.9 Å². The van der Waals surface area contributed by atoms with Crippen molar-refractivity contribution in [1.29, 1.82) is 0 Å². The second-order valence-corrected chi connectivity index (χ2v) is 6.32. The van der Waals surface area contributed by atoms with Gasteiger partial charge in [-0.05, 0) is 27.8 Å². The molecule has 8 heteroatoms. The van der Waals surface area contributed by atoms with Crippen molar-refractivity contribution in [2.75, 3.05) is 43.4 Å². The van der Waals surface area contributed by atoms with Gasteiger partial charge >= 0.3 is 5.69 Å². The fourth-order valence-corrected chi connectivity index (χ4v) is 2.23. The van der Waals surface area contributed by atoms with E-state index in [2.05, 4.69) is 20.2 Å². The summed E-state index contributed by atoms with van der Waals surface area (Å²) in [6, 6.07) is 0. The maximum atomic E-state index is 11.5. The number of anilines is 2. The molecular formula is C13H22N6O2. The maximum absolute atomic E-state index is 11.5. The molecule has 2 heterocycles. The van der Waals surface area contributed by atoms with Crippen molar-refractivity contribution < 1.29 is 4.92 Å². The van der Waals surface area contributed by atoms with Crippen LogP contribution in [0.3, 0.4) is 0 Å². The number of piperazine rings is 1. The van der Waals surface area contributed by atoms with Gasteiger partial charge < -0.3 is 15.1 Å². The lowest BCUT2D eigenvalue weighted by atomic mass is 10.1. The summed E-state index contributed by atoms with van der Waals surface area (Å²) < 4.78 is 0. The lowest BCUT2D eigenvalue weighted by Crippen LogP contribution is -2.45. The van der Waals surface area contributed by atoms with Crippen LogP contribution in [0.1, 0.15) is 20.8 Å². The number of rotatable bonds is 3. The van der Waals surface area contributed by atoms with Crippen molar-refractivity contribution in [3.05, 3.63) is 16.4 Å². The van der Waals surface area contributed by atoms with Crippen LogP contribution in [0, 0.1) is 10.1 Å². The van der Waals surface area contributed by atoms with Gasteiger partial charge in [0.15, 0.2) is 0 Å². The highest BCUT2D eigenvalue weighted by Gasteiger charge is 2.30. The van der Waals surface area contributed by atoms with Gasteiger partial charge in [-0.25, -0.2) is 9.97 Å². The van der Waals surface area contributed by atoms with E-state index in [4.69, 9.17) is 0 Å². The van der Waals surface area contributed by atoms with Gasteiger partial charge in [0.1, 0.15) is 6.33 Å². The first-order valence-electron chi connectivity index (χ1n) is 6.99. The normalized spacial score (nSPS) is 16.9. The van der Waals surface area contributed by atoms with Crippen LogP contribution in [0.25, 0.3) is 0 Å². The molecule has 0 aliphatic carbocycles. The molecule has 116 valence electrons. The molecule has 0 amide bonds. The largest absolute Gasteiger partial charge is 0.360 e. The molecule has 8 nitrogen and oxygen atoms in total. The summed E-state index contributed by atoms with van der Waals surface area (Å²) >= 11 is 0. The summed E-state index contributed by atoms with van der Waals surface area (Å²) in [6.45, 7) is 9.00. The van der Waals surface area contributed by atoms with E-state index in [0.29, 0.717) is 5.82 Å². The Morgan fingerprint density at radius 1 is 1.24 bits per heavy atom. The minimum Gasteiger partial charge on any atom is -0.360 e. The minimum atomic E-state index is -0.401. The van der Waals surface area contributed by atoms with Crippen LogP contribution in [0.2, 0.25) is 0 Å². The first-order chi connectivity index (χ1) is 9.78. The first kappa shape index (κ1) is 15.4. The molecule has 1 aliphatic rings. The van der Waals surface area contributed by atoms with Crippen LogP contribution < -0.4 is 10.2 Å². The molecule has 1 fully saturated rings. The highest BCUT2D eigenvalue weighted by molar-refractivity contribution is 5.70. The van der Waals surface area contributed by atoms with Crippen LogP contribution in [0.15, 0.2) is 6.33 Å². The Balaban J connectivity index is 2.37. The topological polar surface area (TPSA) is 87.4 Å². The SMILES string of the molecule is CN1CCN(c2ncnc(NC(C)(C)C)c2[N+](=O)[O-])CC1. The Bertz CT molecular complexity index is 520. The molecule has 0 radical (unpaired) electrons. The van der Waals surface area contributed by atoms with Crippen molar-refractivity contribution in [2.45, 2.75) is 26.3 Å². The number of nitrogens with zero attached hydrogens (tertiary/aromatic N) is 5. The summed E-state index contributed by atoms with van der Waals surface area (Å²) in [7, 11) is 2.04. The highest BCUT2D eigenvalue weighted by Crippen LogP contribution is 2.33. The van der Waals surface area contributed by atoms with Crippen molar-refractivity contribution in [3.63, 3.8) is 0 Å². The van der Waals surface area contributed by atoms with Crippen molar-refractivity contribution in [2.24, 2.45) is 0 Å². The predicted octanol–water partition coefficient (Wildman–Crippen LogP) is 1.35. The molecule has 1 aromatic rings. The van der Waals surface area contributed by atoms with Crippen LogP contribution in [-0.4, -0.2) is 58.6 Å². The Morgan fingerprint density at radius 2 is 1.86 bits per heavy atom. The Hall–Kier alpha value is -1.96. The van der Waals surface area contributed by atoms with Gasteiger partial charge in [0.2, 0.25) is 11.6 Å².